The van der Waals surface area contributed by atoms with Crippen LogP contribution in [0, 0.1) is 5.92 Å². The van der Waals surface area contributed by atoms with Gasteiger partial charge in [-0.2, -0.15) is 0 Å². The van der Waals surface area contributed by atoms with Gasteiger partial charge >= 0.3 is 0 Å². The van der Waals surface area contributed by atoms with E-state index in [4.69, 9.17) is 14.9 Å². The fraction of sp³-hybridized carbons (Fsp3) is 0.684. The number of carbonyl (C=O) groups is 1. The van der Waals surface area contributed by atoms with Crippen LogP contribution in [0.5, 0.6) is 0 Å². The SMILES string of the molecule is CCNC(=NCc1ccc(C(N)=O)o1)NCC(CC(C)C)N1CCOCC1. The zero-order chi connectivity index (χ0) is 19.6. The highest BCUT2D eigenvalue weighted by Crippen LogP contribution is 2.13. The molecular weight excluding hydrogens is 346 g/mol. The van der Waals surface area contributed by atoms with Crippen molar-refractivity contribution in [3.63, 3.8) is 0 Å². The molecule has 0 aliphatic carbocycles. The average Bonchev–Trinajstić information content (AvgIpc) is 3.12. The number of primary amides is 1. The second-order valence-electron chi connectivity index (χ2n) is 7.14. The minimum atomic E-state index is -0.572. The number of nitrogens with zero attached hydrogens (tertiary/aromatic N) is 2. The highest BCUT2D eigenvalue weighted by atomic mass is 16.5. The Morgan fingerprint density at radius 3 is 2.63 bits per heavy atom. The summed E-state index contributed by atoms with van der Waals surface area (Å²) in [6, 6.07) is 3.73. The summed E-state index contributed by atoms with van der Waals surface area (Å²) in [7, 11) is 0. The molecule has 1 aliphatic heterocycles. The summed E-state index contributed by atoms with van der Waals surface area (Å²) in [5.41, 5.74) is 5.22. The lowest BCUT2D eigenvalue weighted by molar-refractivity contribution is 0.0132. The molecule has 1 aromatic rings. The summed E-state index contributed by atoms with van der Waals surface area (Å²) in [6.45, 7) is 12.0. The van der Waals surface area contributed by atoms with Gasteiger partial charge in [-0.1, -0.05) is 13.8 Å². The van der Waals surface area contributed by atoms with Crippen molar-refractivity contribution >= 4 is 11.9 Å². The molecule has 0 aromatic carbocycles. The maximum Gasteiger partial charge on any atom is 0.284 e. The third kappa shape index (κ3) is 7.22. The summed E-state index contributed by atoms with van der Waals surface area (Å²) in [4.78, 5) is 18.2. The number of guanidine groups is 1. The van der Waals surface area contributed by atoms with Crippen LogP contribution in [0.3, 0.4) is 0 Å². The number of amides is 1. The van der Waals surface area contributed by atoms with Crippen molar-refractivity contribution in [1.82, 2.24) is 15.5 Å². The average molecular weight is 380 g/mol. The minimum absolute atomic E-state index is 0.155. The van der Waals surface area contributed by atoms with Gasteiger partial charge in [0.25, 0.3) is 5.91 Å². The lowest BCUT2D eigenvalue weighted by atomic mass is 10.0. The first kappa shape index (κ1) is 21.2. The lowest BCUT2D eigenvalue weighted by Crippen LogP contribution is -2.51. The second kappa shape index (κ2) is 10.9. The van der Waals surface area contributed by atoms with Crippen LogP contribution in [0.4, 0.5) is 0 Å². The van der Waals surface area contributed by atoms with E-state index in [0.29, 0.717) is 24.3 Å². The second-order valence-corrected chi connectivity index (χ2v) is 7.14. The molecule has 1 unspecified atom stereocenters. The predicted octanol–water partition coefficient (Wildman–Crippen LogP) is 1.18. The molecule has 1 fully saturated rings. The number of rotatable bonds is 9. The van der Waals surface area contributed by atoms with E-state index in [2.05, 4.69) is 34.4 Å². The highest BCUT2D eigenvalue weighted by Gasteiger charge is 2.22. The normalized spacial score (nSPS) is 17.1. The molecule has 1 atom stereocenters. The highest BCUT2D eigenvalue weighted by molar-refractivity contribution is 5.89. The number of morpholine rings is 1. The molecule has 1 saturated heterocycles. The molecule has 0 saturated carbocycles. The van der Waals surface area contributed by atoms with Crippen LogP contribution in [0.15, 0.2) is 21.5 Å². The van der Waals surface area contributed by atoms with Gasteiger partial charge in [0.2, 0.25) is 0 Å². The maximum absolute atomic E-state index is 11.1. The van der Waals surface area contributed by atoms with Gasteiger partial charge in [-0.15, -0.1) is 0 Å². The lowest BCUT2D eigenvalue weighted by Gasteiger charge is -2.35. The Morgan fingerprint density at radius 1 is 1.30 bits per heavy atom. The van der Waals surface area contributed by atoms with Crippen LogP contribution in [0.25, 0.3) is 0 Å². The molecule has 0 spiro atoms. The first-order valence-corrected chi connectivity index (χ1v) is 9.72. The van der Waals surface area contributed by atoms with E-state index in [1.807, 2.05) is 6.92 Å². The summed E-state index contributed by atoms with van der Waals surface area (Å²) >= 11 is 0. The molecule has 4 N–H and O–H groups in total. The number of hydrogen-bond acceptors (Lipinski definition) is 5. The van der Waals surface area contributed by atoms with Gasteiger partial charge in [0.05, 0.1) is 13.2 Å². The maximum atomic E-state index is 11.1. The predicted molar refractivity (Wildman–Crippen MR) is 106 cm³/mol. The van der Waals surface area contributed by atoms with E-state index >= 15 is 0 Å². The van der Waals surface area contributed by atoms with Crippen LogP contribution in [-0.2, 0) is 11.3 Å². The quantitative estimate of drug-likeness (QED) is 0.440. The van der Waals surface area contributed by atoms with Crippen molar-refractivity contribution < 1.29 is 13.9 Å². The van der Waals surface area contributed by atoms with Gasteiger partial charge in [-0.3, -0.25) is 9.69 Å². The van der Waals surface area contributed by atoms with Crippen molar-refractivity contribution in [1.29, 1.82) is 0 Å². The molecule has 2 rings (SSSR count). The third-order valence-electron chi connectivity index (χ3n) is 4.45. The Kier molecular flexibility index (Phi) is 8.60. The Labute approximate surface area is 161 Å². The van der Waals surface area contributed by atoms with E-state index in [-0.39, 0.29) is 5.76 Å². The van der Waals surface area contributed by atoms with Gasteiger partial charge in [0, 0.05) is 32.2 Å². The topological polar surface area (TPSA) is 105 Å². The molecule has 27 heavy (non-hydrogen) atoms. The fourth-order valence-electron chi connectivity index (χ4n) is 3.16. The Morgan fingerprint density at radius 2 is 2.04 bits per heavy atom. The summed E-state index contributed by atoms with van der Waals surface area (Å²) in [6.07, 6.45) is 1.12. The minimum Gasteiger partial charge on any atom is -0.454 e. The fourth-order valence-corrected chi connectivity index (χ4v) is 3.16. The zero-order valence-electron chi connectivity index (χ0n) is 16.7. The Balaban J connectivity index is 1.95. The molecule has 0 bridgehead atoms. The summed E-state index contributed by atoms with van der Waals surface area (Å²) < 4.78 is 10.9. The van der Waals surface area contributed by atoms with Crippen molar-refractivity contribution in [2.75, 3.05) is 39.4 Å². The van der Waals surface area contributed by atoms with Crippen LogP contribution < -0.4 is 16.4 Å². The zero-order valence-corrected chi connectivity index (χ0v) is 16.7. The standard InChI is InChI=1S/C19H33N5O3/c1-4-21-19(23-13-16-5-6-17(27-16)18(20)25)22-12-15(11-14(2)3)24-7-9-26-10-8-24/h5-6,14-15H,4,7-13H2,1-3H3,(H2,20,25)(H2,21,22,23). The van der Waals surface area contributed by atoms with E-state index in [9.17, 15) is 4.79 Å². The van der Waals surface area contributed by atoms with Crippen molar-refractivity contribution in [2.45, 2.75) is 39.8 Å². The van der Waals surface area contributed by atoms with Crippen molar-refractivity contribution in [3.05, 3.63) is 23.7 Å². The molecule has 152 valence electrons. The monoisotopic (exact) mass is 379 g/mol. The van der Waals surface area contributed by atoms with E-state index in [1.54, 1.807) is 12.1 Å². The third-order valence-corrected chi connectivity index (χ3v) is 4.45. The van der Waals surface area contributed by atoms with Crippen LogP contribution in [-0.4, -0.2) is 62.2 Å². The van der Waals surface area contributed by atoms with Crippen LogP contribution >= 0.6 is 0 Å². The number of nitrogens with two attached hydrogens (primary N) is 1. The molecule has 1 aliphatic rings. The molecule has 1 aromatic heterocycles. The number of furan rings is 1. The van der Waals surface area contributed by atoms with Gasteiger partial charge in [-0.25, -0.2) is 4.99 Å². The van der Waals surface area contributed by atoms with Gasteiger partial charge in [0.15, 0.2) is 11.7 Å². The molecule has 8 heteroatoms. The van der Waals surface area contributed by atoms with E-state index < -0.39 is 5.91 Å². The number of ether oxygens (including phenoxy) is 1. The van der Waals surface area contributed by atoms with Gasteiger partial charge < -0.3 is 25.5 Å². The molecule has 1 amide bonds. The summed E-state index contributed by atoms with van der Waals surface area (Å²) in [5, 5.41) is 6.70. The summed E-state index contributed by atoms with van der Waals surface area (Å²) in [5.74, 6) is 1.54. The number of carbonyl (C=O) groups excluding carboxylic acids is 1. The first-order valence-electron chi connectivity index (χ1n) is 9.72. The molecule has 0 radical (unpaired) electrons. The Hall–Kier alpha value is -2.06. The molecular formula is C19H33N5O3. The van der Waals surface area contributed by atoms with E-state index in [0.717, 1.165) is 51.8 Å². The molecule has 8 nitrogen and oxygen atoms in total. The van der Waals surface area contributed by atoms with Crippen LogP contribution in [0.2, 0.25) is 0 Å². The van der Waals surface area contributed by atoms with Gasteiger partial charge in [-0.05, 0) is 31.4 Å². The van der Waals surface area contributed by atoms with Crippen LogP contribution in [0.1, 0.15) is 43.5 Å². The smallest absolute Gasteiger partial charge is 0.284 e. The number of aliphatic imine (C=N–C) groups is 1. The molecule has 2 heterocycles. The van der Waals surface area contributed by atoms with Crippen molar-refractivity contribution in [3.8, 4) is 0 Å². The Bertz CT molecular complexity index is 608. The van der Waals surface area contributed by atoms with Crippen molar-refractivity contribution in [2.24, 2.45) is 16.6 Å². The number of hydrogen-bond donors (Lipinski definition) is 3. The number of nitrogens with one attached hydrogen (secondary N) is 2. The largest absolute Gasteiger partial charge is 0.454 e. The first-order chi connectivity index (χ1) is 13.0. The van der Waals surface area contributed by atoms with E-state index in [1.165, 1.54) is 0 Å². The van der Waals surface area contributed by atoms with Gasteiger partial charge in [0.1, 0.15) is 12.3 Å².